The van der Waals surface area contributed by atoms with Crippen LogP contribution in [0.5, 0.6) is 0 Å². The van der Waals surface area contributed by atoms with Gasteiger partial charge in [0.25, 0.3) is 0 Å². The van der Waals surface area contributed by atoms with E-state index in [0.717, 1.165) is 22.5 Å². The summed E-state index contributed by atoms with van der Waals surface area (Å²) in [6.45, 7) is 8.07. The number of pyridine rings is 1. The van der Waals surface area contributed by atoms with Gasteiger partial charge in [-0.1, -0.05) is 54.6 Å². The van der Waals surface area contributed by atoms with Crippen LogP contribution in [0.4, 0.5) is 5.69 Å². The van der Waals surface area contributed by atoms with Crippen LogP contribution in [0.1, 0.15) is 35.6 Å². The van der Waals surface area contributed by atoms with Crippen molar-refractivity contribution in [1.82, 2.24) is 4.98 Å². The van der Waals surface area contributed by atoms with Crippen molar-refractivity contribution in [2.24, 2.45) is 0 Å². The number of hydrogen-bond acceptors (Lipinski definition) is 4. The summed E-state index contributed by atoms with van der Waals surface area (Å²) in [4.78, 5) is 17.6. The fraction of sp³-hybridized carbons (Fsp3) is 0.240. The first kappa shape index (κ1) is 21.6. The number of nitrogens with zero attached hydrogens (tertiary/aromatic N) is 2. The van der Waals surface area contributed by atoms with Crippen LogP contribution in [0.15, 0.2) is 59.6 Å². The molecule has 0 aliphatic heterocycles. The van der Waals surface area contributed by atoms with Crippen LogP contribution in [0, 0.1) is 32.1 Å². The summed E-state index contributed by atoms with van der Waals surface area (Å²) in [6.07, 6.45) is 0.628. The van der Waals surface area contributed by atoms with E-state index in [-0.39, 0.29) is 11.2 Å². The number of thioether (sulfide) groups is 1. The lowest BCUT2D eigenvalue weighted by molar-refractivity contribution is -0.115. The van der Waals surface area contributed by atoms with Crippen molar-refractivity contribution in [1.29, 1.82) is 5.26 Å². The Kier molecular flexibility index (Phi) is 6.91. The molecule has 1 amide bonds. The highest BCUT2D eigenvalue weighted by molar-refractivity contribution is 8.00. The molecule has 2 aromatic carbocycles. The minimum Gasteiger partial charge on any atom is -0.325 e. The number of nitriles is 1. The third-order valence-electron chi connectivity index (χ3n) is 5.02. The largest absolute Gasteiger partial charge is 0.325 e. The fourth-order valence-corrected chi connectivity index (χ4v) is 3.99. The van der Waals surface area contributed by atoms with Crippen molar-refractivity contribution in [3.63, 3.8) is 0 Å². The summed E-state index contributed by atoms with van der Waals surface area (Å²) in [7, 11) is 0. The number of hydrogen-bond donors (Lipinski definition) is 1. The molecule has 0 aliphatic carbocycles. The van der Waals surface area contributed by atoms with Gasteiger partial charge in [-0.3, -0.25) is 4.79 Å². The highest BCUT2D eigenvalue weighted by Gasteiger charge is 2.21. The van der Waals surface area contributed by atoms with E-state index >= 15 is 0 Å². The summed E-state index contributed by atoms with van der Waals surface area (Å²) in [5, 5.41) is 12.8. The van der Waals surface area contributed by atoms with Gasteiger partial charge in [0.15, 0.2) is 0 Å². The molecule has 0 aliphatic rings. The Balaban J connectivity index is 1.83. The highest BCUT2D eigenvalue weighted by Crippen LogP contribution is 2.30. The zero-order chi connectivity index (χ0) is 21.7. The third-order valence-corrected chi connectivity index (χ3v) is 6.39. The second-order valence-electron chi connectivity index (χ2n) is 7.33. The van der Waals surface area contributed by atoms with Crippen molar-refractivity contribution in [3.05, 3.63) is 76.9 Å². The SMILES string of the molecule is CCC(Sc1nc(-c2ccc(C)cc2)ccc1C#N)C(=O)Nc1ccc(C)c(C)c1. The molecule has 0 radical (unpaired) electrons. The quantitative estimate of drug-likeness (QED) is 0.497. The standard InChI is InChI=1S/C25H25N3OS/c1-5-23(24(29)27-21-12-8-17(3)18(4)14-21)30-25-20(15-26)11-13-22(28-25)19-9-6-16(2)7-10-19/h6-14,23H,5H2,1-4H3,(H,27,29). The van der Waals surface area contributed by atoms with Gasteiger partial charge in [0.1, 0.15) is 11.1 Å². The average molecular weight is 416 g/mol. The molecule has 152 valence electrons. The third kappa shape index (κ3) is 5.08. The van der Waals surface area contributed by atoms with Gasteiger partial charge in [-0.2, -0.15) is 5.26 Å². The average Bonchev–Trinajstić information content (AvgIpc) is 2.75. The van der Waals surface area contributed by atoms with Crippen LogP contribution in [0.25, 0.3) is 11.3 Å². The molecule has 1 unspecified atom stereocenters. The van der Waals surface area contributed by atoms with E-state index in [1.165, 1.54) is 22.9 Å². The van der Waals surface area contributed by atoms with E-state index in [2.05, 4.69) is 11.4 Å². The van der Waals surface area contributed by atoms with Gasteiger partial charge < -0.3 is 5.32 Å². The molecule has 3 rings (SSSR count). The van der Waals surface area contributed by atoms with Gasteiger partial charge in [-0.25, -0.2) is 4.98 Å². The van der Waals surface area contributed by atoms with Crippen LogP contribution in [-0.2, 0) is 4.79 Å². The Labute approximate surface area is 182 Å². The number of carbonyl (C=O) groups is 1. The first-order valence-corrected chi connectivity index (χ1v) is 10.8. The molecule has 30 heavy (non-hydrogen) atoms. The molecule has 0 saturated carbocycles. The topological polar surface area (TPSA) is 65.8 Å². The van der Waals surface area contributed by atoms with E-state index in [9.17, 15) is 10.1 Å². The normalized spacial score (nSPS) is 11.6. The number of rotatable bonds is 6. The Hall–Kier alpha value is -3.10. The zero-order valence-electron chi connectivity index (χ0n) is 17.7. The summed E-state index contributed by atoms with van der Waals surface area (Å²) < 4.78 is 0. The molecular weight excluding hydrogens is 390 g/mol. The van der Waals surface area contributed by atoms with Gasteiger partial charge in [-0.05, 0) is 62.6 Å². The number of aromatic nitrogens is 1. The summed E-state index contributed by atoms with van der Waals surface area (Å²) in [6, 6.07) is 19.8. The fourth-order valence-electron chi connectivity index (χ4n) is 3.00. The van der Waals surface area contributed by atoms with Crippen molar-refractivity contribution < 1.29 is 4.79 Å². The van der Waals surface area contributed by atoms with Crippen LogP contribution >= 0.6 is 11.8 Å². The summed E-state index contributed by atoms with van der Waals surface area (Å²) >= 11 is 1.34. The first-order valence-electron chi connectivity index (χ1n) is 9.94. The Morgan fingerprint density at radius 3 is 2.43 bits per heavy atom. The lowest BCUT2D eigenvalue weighted by Crippen LogP contribution is -2.24. The molecule has 0 fully saturated rings. The second kappa shape index (κ2) is 9.60. The first-order chi connectivity index (χ1) is 14.4. The van der Waals surface area contributed by atoms with E-state index in [0.29, 0.717) is 17.0 Å². The summed E-state index contributed by atoms with van der Waals surface area (Å²) in [5.41, 5.74) is 6.53. The molecule has 0 spiro atoms. The molecule has 3 aromatic rings. The zero-order valence-corrected chi connectivity index (χ0v) is 18.5. The lowest BCUT2D eigenvalue weighted by Gasteiger charge is -2.16. The predicted molar refractivity (Wildman–Crippen MR) is 124 cm³/mol. The van der Waals surface area contributed by atoms with E-state index in [1.54, 1.807) is 6.07 Å². The van der Waals surface area contributed by atoms with E-state index < -0.39 is 0 Å². The molecule has 1 heterocycles. The Morgan fingerprint density at radius 2 is 1.80 bits per heavy atom. The number of anilines is 1. The maximum Gasteiger partial charge on any atom is 0.237 e. The number of amides is 1. The molecular formula is C25H25N3OS. The number of aryl methyl sites for hydroxylation is 3. The van der Waals surface area contributed by atoms with Crippen molar-refractivity contribution in [3.8, 4) is 17.3 Å². The molecule has 5 heteroatoms. The monoisotopic (exact) mass is 415 g/mol. The van der Waals surface area contributed by atoms with Gasteiger partial charge in [-0.15, -0.1) is 0 Å². The van der Waals surface area contributed by atoms with Gasteiger partial charge in [0.2, 0.25) is 5.91 Å². The van der Waals surface area contributed by atoms with Crippen molar-refractivity contribution in [2.45, 2.75) is 44.4 Å². The van der Waals surface area contributed by atoms with E-state index in [1.807, 2.05) is 76.2 Å². The van der Waals surface area contributed by atoms with Gasteiger partial charge >= 0.3 is 0 Å². The molecule has 1 N–H and O–H groups in total. The molecule has 1 atom stereocenters. The van der Waals surface area contributed by atoms with Crippen LogP contribution < -0.4 is 5.32 Å². The second-order valence-corrected chi connectivity index (χ2v) is 8.52. The van der Waals surface area contributed by atoms with Gasteiger partial charge in [0.05, 0.1) is 16.5 Å². The lowest BCUT2D eigenvalue weighted by atomic mass is 10.1. The maximum atomic E-state index is 12.9. The van der Waals surface area contributed by atoms with Gasteiger partial charge in [0, 0.05) is 11.3 Å². The molecule has 4 nitrogen and oxygen atoms in total. The van der Waals surface area contributed by atoms with Crippen LogP contribution in [0.2, 0.25) is 0 Å². The Morgan fingerprint density at radius 1 is 1.07 bits per heavy atom. The number of nitrogens with one attached hydrogen (secondary N) is 1. The minimum atomic E-state index is -0.348. The van der Waals surface area contributed by atoms with Crippen LogP contribution in [0.3, 0.4) is 0 Å². The number of benzene rings is 2. The molecule has 1 aromatic heterocycles. The smallest absolute Gasteiger partial charge is 0.237 e. The Bertz CT molecular complexity index is 1100. The predicted octanol–water partition coefficient (Wildman–Crippen LogP) is 6.05. The maximum absolute atomic E-state index is 12.9. The van der Waals surface area contributed by atoms with E-state index in [4.69, 9.17) is 4.98 Å². The minimum absolute atomic E-state index is 0.0859. The number of carbonyl (C=O) groups excluding carboxylic acids is 1. The van der Waals surface area contributed by atoms with Crippen molar-refractivity contribution >= 4 is 23.4 Å². The molecule has 0 saturated heterocycles. The highest BCUT2D eigenvalue weighted by atomic mass is 32.2. The van der Waals surface area contributed by atoms with Crippen molar-refractivity contribution in [2.75, 3.05) is 5.32 Å². The molecule has 0 bridgehead atoms. The van der Waals surface area contributed by atoms with Crippen LogP contribution in [-0.4, -0.2) is 16.1 Å². The summed E-state index contributed by atoms with van der Waals surface area (Å²) in [5.74, 6) is -0.0859.